The third kappa shape index (κ3) is 6.18. The molecule has 1 rings (SSSR count). The predicted octanol–water partition coefficient (Wildman–Crippen LogP) is 2.17. The number of nitrogens with zero attached hydrogens (tertiary/aromatic N) is 2. The normalized spacial score (nSPS) is 19.8. The van der Waals surface area contributed by atoms with Gasteiger partial charge in [0.15, 0.2) is 0 Å². The Kier molecular flexibility index (Phi) is 8.07. The van der Waals surface area contributed by atoms with Crippen molar-refractivity contribution in [2.75, 3.05) is 26.7 Å². The maximum Gasteiger partial charge on any atom is 0.223 e. The van der Waals surface area contributed by atoms with Gasteiger partial charge in [-0.05, 0) is 25.8 Å². The molecule has 1 aliphatic heterocycles. The largest absolute Gasteiger partial charge is 0.393 e. The second kappa shape index (κ2) is 9.29. The van der Waals surface area contributed by atoms with E-state index >= 15 is 0 Å². The van der Waals surface area contributed by atoms with Crippen LogP contribution in [0.25, 0.3) is 0 Å². The lowest BCUT2D eigenvalue weighted by Gasteiger charge is -2.35. The first-order chi connectivity index (χ1) is 9.54. The molecule has 1 atom stereocenters. The molecule has 1 aliphatic rings. The van der Waals surface area contributed by atoms with Crippen molar-refractivity contribution in [3.8, 4) is 0 Å². The van der Waals surface area contributed by atoms with Crippen LogP contribution in [-0.2, 0) is 4.79 Å². The van der Waals surface area contributed by atoms with E-state index in [1.165, 1.54) is 32.1 Å². The molecule has 0 aromatic rings. The molecule has 20 heavy (non-hydrogen) atoms. The van der Waals surface area contributed by atoms with Gasteiger partial charge in [0, 0.05) is 39.0 Å². The maximum atomic E-state index is 12.1. The fraction of sp³-hybridized carbons (Fsp3) is 0.867. The van der Waals surface area contributed by atoms with Gasteiger partial charge in [-0.25, -0.2) is 0 Å². The number of amides is 1. The second-order valence-corrected chi connectivity index (χ2v) is 6.28. The number of piperidine rings is 1. The minimum atomic E-state index is 0.196. The first-order valence-electron chi connectivity index (χ1n) is 7.81. The van der Waals surface area contributed by atoms with Gasteiger partial charge in [0.25, 0.3) is 0 Å². The van der Waals surface area contributed by atoms with E-state index in [1.54, 1.807) is 4.90 Å². The Morgan fingerprint density at radius 3 is 2.80 bits per heavy atom. The molecule has 1 amide bonds. The van der Waals surface area contributed by atoms with Gasteiger partial charge in [-0.2, -0.15) is 0 Å². The van der Waals surface area contributed by atoms with E-state index in [1.807, 2.05) is 7.05 Å². The topological polar surface area (TPSA) is 49.6 Å². The fourth-order valence-corrected chi connectivity index (χ4v) is 2.94. The van der Waals surface area contributed by atoms with Crippen molar-refractivity contribution in [2.24, 2.45) is 5.73 Å². The zero-order valence-corrected chi connectivity index (χ0v) is 13.8. The van der Waals surface area contributed by atoms with Crippen LogP contribution in [-0.4, -0.2) is 53.4 Å². The number of hydrogen-bond donors (Lipinski definition) is 1. The lowest BCUT2D eigenvalue weighted by molar-refractivity contribution is -0.130. The van der Waals surface area contributed by atoms with Crippen LogP contribution in [0.15, 0.2) is 0 Å². The smallest absolute Gasteiger partial charge is 0.223 e. The Balaban J connectivity index is 2.32. The molecule has 0 aromatic heterocycles. The molecule has 0 aliphatic carbocycles. The number of likely N-dealkylation sites (tertiary alicyclic amines) is 1. The summed E-state index contributed by atoms with van der Waals surface area (Å²) in [4.78, 5) is 16.8. The van der Waals surface area contributed by atoms with E-state index in [-0.39, 0.29) is 5.91 Å². The van der Waals surface area contributed by atoms with Crippen LogP contribution in [0.2, 0.25) is 0 Å². The summed E-state index contributed by atoms with van der Waals surface area (Å²) in [6.45, 7) is 4.91. The quantitative estimate of drug-likeness (QED) is 0.698. The van der Waals surface area contributed by atoms with Gasteiger partial charge in [0.1, 0.15) is 0 Å². The molecule has 1 fully saturated rings. The molecular formula is C15H29N3OS. The molecule has 116 valence electrons. The SMILES string of the molecule is CCCC1CCCCN1CCC(=O)N(C)CCC(N)=S. The highest BCUT2D eigenvalue weighted by Crippen LogP contribution is 2.20. The molecule has 0 bridgehead atoms. The molecule has 0 aromatic carbocycles. The zero-order valence-electron chi connectivity index (χ0n) is 12.9. The van der Waals surface area contributed by atoms with E-state index in [0.29, 0.717) is 30.4 Å². The number of hydrogen-bond acceptors (Lipinski definition) is 3. The van der Waals surface area contributed by atoms with E-state index < -0.39 is 0 Å². The van der Waals surface area contributed by atoms with Crippen molar-refractivity contribution in [3.63, 3.8) is 0 Å². The Morgan fingerprint density at radius 2 is 2.15 bits per heavy atom. The van der Waals surface area contributed by atoms with E-state index in [2.05, 4.69) is 11.8 Å². The summed E-state index contributed by atoms with van der Waals surface area (Å²) < 4.78 is 0. The Labute approximate surface area is 128 Å². The first-order valence-corrected chi connectivity index (χ1v) is 8.21. The summed E-state index contributed by atoms with van der Waals surface area (Å²) in [5, 5.41) is 0. The average Bonchev–Trinajstić information content (AvgIpc) is 2.43. The van der Waals surface area contributed by atoms with Crippen molar-refractivity contribution in [3.05, 3.63) is 0 Å². The van der Waals surface area contributed by atoms with Gasteiger partial charge in [-0.15, -0.1) is 0 Å². The highest BCUT2D eigenvalue weighted by Gasteiger charge is 2.22. The summed E-state index contributed by atoms with van der Waals surface area (Å²) in [5.41, 5.74) is 5.47. The predicted molar refractivity (Wildman–Crippen MR) is 87.8 cm³/mol. The Hall–Kier alpha value is -0.680. The number of nitrogens with two attached hydrogens (primary N) is 1. The van der Waals surface area contributed by atoms with Crippen molar-refractivity contribution < 1.29 is 4.79 Å². The van der Waals surface area contributed by atoms with Crippen LogP contribution >= 0.6 is 12.2 Å². The Morgan fingerprint density at radius 1 is 1.40 bits per heavy atom. The lowest BCUT2D eigenvalue weighted by Crippen LogP contribution is -2.42. The molecule has 1 saturated heterocycles. The highest BCUT2D eigenvalue weighted by atomic mass is 32.1. The number of carbonyl (C=O) groups is 1. The van der Waals surface area contributed by atoms with Crippen LogP contribution in [0.5, 0.6) is 0 Å². The van der Waals surface area contributed by atoms with E-state index in [4.69, 9.17) is 18.0 Å². The molecule has 0 saturated carbocycles. The van der Waals surface area contributed by atoms with E-state index in [9.17, 15) is 4.79 Å². The molecule has 0 spiro atoms. The number of rotatable bonds is 8. The standard InChI is InChI=1S/C15H29N3OS/c1-3-6-13-7-4-5-10-18(13)12-9-15(19)17(2)11-8-14(16)20/h13H,3-12H2,1-2H3,(H2,16,20). The monoisotopic (exact) mass is 299 g/mol. The van der Waals surface area contributed by atoms with Gasteiger partial charge in [-0.1, -0.05) is 32.0 Å². The van der Waals surface area contributed by atoms with Gasteiger partial charge in [-0.3, -0.25) is 9.69 Å². The van der Waals surface area contributed by atoms with Crippen LogP contribution in [0.3, 0.4) is 0 Å². The van der Waals surface area contributed by atoms with Crippen LogP contribution < -0.4 is 5.73 Å². The van der Waals surface area contributed by atoms with Crippen molar-refractivity contribution >= 4 is 23.1 Å². The highest BCUT2D eigenvalue weighted by molar-refractivity contribution is 7.80. The van der Waals surface area contributed by atoms with Crippen LogP contribution in [0, 0.1) is 0 Å². The van der Waals surface area contributed by atoms with Gasteiger partial charge < -0.3 is 10.6 Å². The fourth-order valence-electron chi connectivity index (χ4n) is 2.85. The van der Waals surface area contributed by atoms with Crippen molar-refractivity contribution in [2.45, 2.75) is 57.9 Å². The molecular weight excluding hydrogens is 270 g/mol. The third-order valence-corrected chi connectivity index (χ3v) is 4.31. The van der Waals surface area contributed by atoms with Gasteiger partial charge >= 0.3 is 0 Å². The first kappa shape index (κ1) is 17.4. The summed E-state index contributed by atoms with van der Waals surface area (Å²) in [6, 6.07) is 0.684. The summed E-state index contributed by atoms with van der Waals surface area (Å²) in [7, 11) is 1.83. The second-order valence-electron chi connectivity index (χ2n) is 5.76. The minimum Gasteiger partial charge on any atom is -0.393 e. The molecule has 4 nitrogen and oxygen atoms in total. The van der Waals surface area contributed by atoms with Crippen molar-refractivity contribution in [1.29, 1.82) is 0 Å². The number of carbonyl (C=O) groups excluding carboxylic acids is 1. The summed E-state index contributed by atoms with van der Waals surface area (Å²) in [5.74, 6) is 0.196. The Bertz CT molecular complexity index is 320. The van der Waals surface area contributed by atoms with Crippen LogP contribution in [0.1, 0.15) is 51.9 Å². The molecule has 2 N–H and O–H groups in total. The molecule has 0 radical (unpaired) electrons. The third-order valence-electron chi connectivity index (χ3n) is 4.10. The van der Waals surface area contributed by atoms with E-state index in [0.717, 1.165) is 13.1 Å². The zero-order chi connectivity index (χ0) is 15.0. The molecule has 1 heterocycles. The maximum absolute atomic E-state index is 12.1. The van der Waals surface area contributed by atoms with Gasteiger partial charge in [0.05, 0.1) is 4.99 Å². The summed E-state index contributed by atoms with van der Waals surface area (Å²) >= 11 is 4.84. The lowest BCUT2D eigenvalue weighted by atomic mass is 9.98. The van der Waals surface area contributed by atoms with Crippen LogP contribution in [0.4, 0.5) is 0 Å². The number of thiocarbonyl (C=S) groups is 1. The summed E-state index contributed by atoms with van der Waals surface area (Å²) in [6.07, 6.45) is 7.59. The van der Waals surface area contributed by atoms with Gasteiger partial charge in [0.2, 0.25) is 5.91 Å². The molecule has 5 heteroatoms. The molecule has 1 unspecified atom stereocenters. The van der Waals surface area contributed by atoms with Crippen molar-refractivity contribution in [1.82, 2.24) is 9.80 Å². The minimum absolute atomic E-state index is 0.196. The average molecular weight is 299 g/mol.